The molecule has 1 aromatic heterocycles. The van der Waals surface area contributed by atoms with Crippen LogP contribution in [-0.4, -0.2) is 18.2 Å². The molecule has 1 aromatic rings. The van der Waals surface area contributed by atoms with Crippen LogP contribution in [0.1, 0.15) is 51.0 Å². The first kappa shape index (κ1) is 19.5. The maximum Gasteiger partial charge on any atom is 0.157 e. The fourth-order valence-corrected chi connectivity index (χ4v) is 4.14. The van der Waals surface area contributed by atoms with Crippen LogP contribution in [0.5, 0.6) is 0 Å². The van der Waals surface area contributed by atoms with Crippen molar-refractivity contribution in [1.29, 1.82) is 0 Å². The summed E-state index contributed by atoms with van der Waals surface area (Å²) in [5, 5.41) is 0. The Morgan fingerprint density at radius 3 is 2.63 bits per heavy atom. The quantitative estimate of drug-likeness (QED) is 0.537. The van der Waals surface area contributed by atoms with Gasteiger partial charge in [-0.2, -0.15) is 0 Å². The van der Waals surface area contributed by atoms with E-state index in [9.17, 15) is 0 Å². The van der Waals surface area contributed by atoms with Crippen LogP contribution in [0.2, 0.25) is 0 Å². The molecule has 3 rings (SSSR count). The molecule has 0 bridgehead atoms. The van der Waals surface area contributed by atoms with E-state index < -0.39 is 0 Å². The average Bonchev–Trinajstić information content (AvgIpc) is 3.22. The predicted molar refractivity (Wildman–Crippen MR) is 110 cm³/mol. The van der Waals surface area contributed by atoms with Crippen molar-refractivity contribution in [1.82, 2.24) is 4.98 Å². The molecule has 1 atom stereocenters. The van der Waals surface area contributed by atoms with Gasteiger partial charge in [-0.25, -0.2) is 0 Å². The molecule has 0 unspecified atom stereocenters. The molecule has 2 aliphatic rings. The van der Waals surface area contributed by atoms with Crippen LogP contribution in [-0.2, 0) is 15.9 Å². The van der Waals surface area contributed by atoms with Gasteiger partial charge >= 0.3 is 0 Å². The van der Waals surface area contributed by atoms with Crippen molar-refractivity contribution in [3.63, 3.8) is 0 Å². The van der Waals surface area contributed by atoms with Gasteiger partial charge in [0, 0.05) is 24.7 Å². The van der Waals surface area contributed by atoms with Crippen LogP contribution in [0, 0.1) is 5.92 Å². The minimum atomic E-state index is 0.301. The highest BCUT2D eigenvalue weighted by atomic mass is 16.5. The third-order valence-electron chi connectivity index (χ3n) is 5.68. The average molecular weight is 366 g/mol. The highest BCUT2D eigenvalue weighted by Gasteiger charge is 2.26. The lowest BCUT2D eigenvalue weighted by Gasteiger charge is -2.28. The number of allylic oxidation sites excluding steroid dienone is 6. The zero-order valence-corrected chi connectivity index (χ0v) is 16.6. The van der Waals surface area contributed by atoms with Gasteiger partial charge in [-0.15, -0.1) is 0 Å². The van der Waals surface area contributed by atoms with E-state index in [1.54, 1.807) is 7.11 Å². The largest absolute Gasteiger partial charge is 0.497 e. The Bertz CT molecular complexity index is 724. The van der Waals surface area contributed by atoms with Crippen molar-refractivity contribution in [2.24, 2.45) is 5.92 Å². The Morgan fingerprint density at radius 2 is 2.00 bits per heavy atom. The Hall–Kier alpha value is -2.29. The summed E-state index contributed by atoms with van der Waals surface area (Å²) in [5.41, 5.74) is 3.95. The van der Waals surface area contributed by atoms with Crippen molar-refractivity contribution >= 4 is 0 Å². The summed E-state index contributed by atoms with van der Waals surface area (Å²) in [6.07, 6.45) is 18.1. The number of hydrogen-bond acceptors (Lipinski definition) is 3. The van der Waals surface area contributed by atoms with Gasteiger partial charge in [0.2, 0.25) is 0 Å². The molecule has 1 heterocycles. The number of nitrogens with zero attached hydrogens (tertiary/aromatic N) is 1. The van der Waals surface area contributed by atoms with E-state index in [-0.39, 0.29) is 0 Å². The molecule has 1 fully saturated rings. The SMILES string of the molecule is C=C/C(=C\C)[C@@H](Cc1ccncc1)C1=CC(OC2CCCC2)=C(OC)CC1. The Balaban J connectivity index is 1.88. The van der Waals surface area contributed by atoms with Crippen LogP contribution in [0.15, 0.2) is 72.0 Å². The van der Waals surface area contributed by atoms with Gasteiger partial charge in [0.05, 0.1) is 13.2 Å². The normalized spacial score (nSPS) is 19.6. The summed E-state index contributed by atoms with van der Waals surface area (Å²) in [4.78, 5) is 4.15. The third kappa shape index (κ3) is 4.91. The van der Waals surface area contributed by atoms with Crippen LogP contribution in [0.4, 0.5) is 0 Å². The molecule has 0 aromatic carbocycles. The molecule has 1 saturated carbocycles. The number of hydrogen-bond donors (Lipinski definition) is 0. The van der Waals surface area contributed by atoms with Gasteiger partial charge in [0.15, 0.2) is 5.76 Å². The van der Waals surface area contributed by atoms with Crippen LogP contribution < -0.4 is 0 Å². The highest BCUT2D eigenvalue weighted by Crippen LogP contribution is 2.36. The van der Waals surface area contributed by atoms with E-state index in [0.717, 1.165) is 43.6 Å². The lowest BCUT2D eigenvalue weighted by molar-refractivity contribution is 0.110. The fraction of sp³-hybridized carbons (Fsp3) is 0.458. The van der Waals surface area contributed by atoms with Gasteiger partial charge in [-0.05, 0) is 74.8 Å². The Morgan fingerprint density at radius 1 is 1.26 bits per heavy atom. The fourth-order valence-electron chi connectivity index (χ4n) is 4.14. The molecule has 144 valence electrons. The van der Waals surface area contributed by atoms with Crippen molar-refractivity contribution in [2.45, 2.75) is 58.0 Å². The molecule has 2 aliphatic carbocycles. The van der Waals surface area contributed by atoms with Crippen molar-refractivity contribution in [3.05, 3.63) is 77.6 Å². The molecular weight excluding hydrogens is 334 g/mol. The maximum absolute atomic E-state index is 6.36. The van der Waals surface area contributed by atoms with Crippen molar-refractivity contribution in [2.75, 3.05) is 7.11 Å². The minimum absolute atomic E-state index is 0.301. The topological polar surface area (TPSA) is 31.4 Å². The second kappa shape index (κ2) is 9.59. The van der Waals surface area contributed by atoms with Crippen molar-refractivity contribution < 1.29 is 9.47 Å². The zero-order chi connectivity index (χ0) is 19.1. The Labute approximate surface area is 163 Å². The number of pyridine rings is 1. The van der Waals surface area contributed by atoms with Gasteiger partial charge in [-0.1, -0.05) is 24.3 Å². The lowest BCUT2D eigenvalue weighted by Crippen LogP contribution is -2.17. The molecule has 0 N–H and O–H groups in total. The van der Waals surface area contributed by atoms with E-state index in [2.05, 4.69) is 42.8 Å². The molecule has 0 aliphatic heterocycles. The number of aromatic nitrogens is 1. The summed E-state index contributed by atoms with van der Waals surface area (Å²) < 4.78 is 12.0. The standard InChI is InChI=1S/C24H31NO2/c1-4-19(5-2)22(16-18-12-14-25-15-13-18)20-10-11-23(26-3)24(17-20)27-21-8-6-7-9-21/h4-5,12-15,17,21-22H,1,6-11,16H2,2-3H3/b19-5+/t22-/m1/s1. The molecular formula is C24H31NO2. The van der Waals surface area contributed by atoms with Gasteiger partial charge in [0.1, 0.15) is 5.76 Å². The van der Waals surface area contributed by atoms with E-state index in [4.69, 9.17) is 9.47 Å². The molecule has 0 radical (unpaired) electrons. The molecule has 3 nitrogen and oxygen atoms in total. The van der Waals surface area contributed by atoms with Gasteiger partial charge in [-0.3, -0.25) is 4.98 Å². The van der Waals surface area contributed by atoms with Crippen LogP contribution in [0.3, 0.4) is 0 Å². The second-order valence-corrected chi connectivity index (χ2v) is 7.34. The summed E-state index contributed by atoms with van der Waals surface area (Å²) in [6.45, 7) is 6.14. The van der Waals surface area contributed by atoms with Crippen molar-refractivity contribution in [3.8, 4) is 0 Å². The first-order chi connectivity index (χ1) is 13.2. The first-order valence-electron chi connectivity index (χ1n) is 10.1. The molecule has 3 heteroatoms. The molecule has 0 saturated heterocycles. The van der Waals surface area contributed by atoms with Gasteiger partial charge in [0.25, 0.3) is 0 Å². The van der Waals surface area contributed by atoms with E-state index in [1.807, 2.05) is 18.5 Å². The first-order valence-corrected chi connectivity index (χ1v) is 10.1. The zero-order valence-electron chi connectivity index (χ0n) is 16.6. The summed E-state index contributed by atoms with van der Waals surface area (Å²) in [6, 6.07) is 4.19. The molecule has 27 heavy (non-hydrogen) atoms. The van der Waals surface area contributed by atoms with Gasteiger partial charge < -0.3 is 9.47 Å². The second-order valence-electron chi connectivity index (χ2n) is 7.34. The molecule has 0 spiro atoms. The Kier molecular flexibility index (Phi) is 6.92. The highest BCUT2D eigenvalue weighted by molar-refractivity contribution is 5.37. The molecule has 0 amide bonds. The number of ether oxygens (including phenoxy) is 2. The monoisotopic (exact) mass is 365 g/mol. The van der Waals surface area contributed by atoms with Crippen LogP contribution >= 0.6 is 0 Å². The number of methoxy groups -OCH3 is 1. The van der Waals surface area contributed by atoms with E-state index in [1.165, 1.54) is 29.6 Å². The predicted octanol–water partition coefficient (Wildman–Crippen LogP) is 5.91. The summed E-state index contributed by atoms with van der Waals surface area (Å²) in [7, 11) is 1.75. The van der Waals surface area contributed by atoms with E-state index in [0.29, 0.717) is 12.0 Å². The van der Waals surface area contributed by atoms with Crippen LogP contribution in [0.25, 0.3) is 0 Å². The smallest absolute Gasteiger partial charge is 0.157 e. The summed E-state index contributed by atoms with van der Waals surface area (Å²) >= 11 is 0. The summed E-state index contributed by atoms with van der Waals surface area (Å²) in [5.74, 6) is 2.22. The lowest BCUT2D eigenvalue weighted by atomic mass is 9.81. The third-order valence-corrected chi connectivity index (χ3v) is 5.68. The maximum atomic E-state index is 6.36. The number of rotatable bonds is 8. The van der Waals surface area contributed by atoms with E-state index >= 15 is 0 Å². The minimum Gasteiger partial charge on any atom is -0.497 e.